The highest BCUT2D eigenvalue weighted by molar-refractivity contribution is 7.85. The van der Waals surface area contributed by atoms with Crippen molar-refractivity contribution >= 4 is 10.1 Å². The zero-order valence-corrected chi connectivity index (χ0v) is 9.90. The Balaban J connectivity index is 2.76. The molecule has 1 unspecified atom stereocenters. The van der Waals surface area contributed by atoms with Crippen molar-refractivity contribution in [3.63, 3.8) is 0 Å². The number of hydrogen-bond donors (Lipinski definition) is 1. The smallest absolute Gasteiger partial charge is 0.264 e. The van der Waals surface area contributed by atoms with Crippen molar-refractivity contribution in [1.29, 1.82) is 0 Å². The fourth-order valence-corrected chi connectivity index (χ4v) is 1.60. The minimum Gasteiger partial charge on any atom is -0.496 e. The lowest BCUT2D eigenvalue weighted by Crippen LogP contribution is -2.12. The SMILES string of the molecule is COc1ccccc1C(O)COS(C)(=O)=O. The standard InChI is InChI=1S/C10H14O5S/c1-14-10-6-4-3-5-8(10)9(11)7-15-16(2,12)13/h3-6,9,11H,7H2,1-2H3. The summed E-state index contributed by atoms with van der Waals surface area (Å²) in [5.41, 5.74) is 0.494. The lowest BCUT2D eigenvalue weighted by molar-refractivity contribution is 0.109. The number of hydrogen-bond acceptors (Lipinski definition) is 5. The maximum Gasteiger partial charge on any atom is 0.264 e. The van der Waals surface area contributed by atoms with Crippen LogP contribution >= 0.6 is 0 Å². The van der Waals surface area contributed by atoms with Gasteiger partial charge in [0.1, 0.15) is 11.9 Å². The molecule has 0 amide bonds. The molecule has 1 rings (SSSR count). The maximum absolute atomic E-state index is 10.8. The van der Waals surface area contributed by atoms with Gasteiger partial charge in [0.05, 0.1) is 20.0 Å². The van der Waals surface area contributed by atoms with E-state index in [1.807, 2.05) is 0 Å². The number of aliphatic hydroxyl groups excluding tert-OH is 1. The van der Waals surface area contributed by atoms with E-state index in [2.05, 4.69) is 4.18 Å². The van der Waals surface area contributed by atoms with Gasteiger partial charge in [0.15, 0.2) is 0 Å². The van der Waals surface area contributed by atoms with E-state index in [1.54, 1.807) is 24.3 Å². The molecular weight excluding hydrogens is 232 g/mol. The van der Waals surface area contributed by atoms with E-state index in [0.717, 1.165) is 6.26 Å². The van der Waals surface area contributed by atoms with Crippen LogP contribution in [0.5, 0.6) is 5.75 Å². The van der Waals surface area contributed by atoms with E-state index in [0.29, 0.717) is 11.3 Å². The van der Waals surface area contributed by atoms with Crippen molar-refractivity contribution in [2.45, 2.75) is 6.10 Å². The Hall–Kier alpha value is -1.11. The van der Waals surface area contributed by atoms with Crippen molar-refractivity contribution in [3.05, 3.63) is 29.8 Å². The molecule has 0 spiro atoms. The third-order valence-corrected chi connectivity index (χ3v) is 2.50. The predicted octanol–water partition coefficient (Wildman–Crippen LogP) is 0.705. The van der Waals surface area contributed by atoms with Crippen LogP contribution in [-0.4, -0.2) is 33.5 Å². The Morgan fingerprint density at radius 2 is 2.00 bits per heavy atom. The van der Waals surface area contributed by atoms with Gasteiger partial charge in [0.2, 0.25) is 0 Å². The molecule has 1 aromatic carbocycles. The summed E-state index contributed by atoms with van der Waals surface area (Å²) in [7, 11) is -2.07. The van der Waals surface area contributed by atoms with Gasteiger partial charge in [-0.2, -0.15) is 8.42 Å². The van der Waals surface area contributed by atoms with E-state index in [-0.39, 0.29) is 6.61 Å². The highest BCUT2D eigenvalue weighted by atomic mass is 32.2. The van der Waals surface area contributed by atoms with Crippen LogP contribution in [0.25, 0.3) is 0 Å². The zero-order chi connectivity index (χ0) is 12.2. The largest absolute Gasteiger partial charge is 0.496 e. The van der Waals surface area contributed by atoms with Crippen LogP contribution in [0.2, 0.25) is 0 Å². The zero-order valence-electron chi connectivity index (χ0n) is 9.08. The number of para-hydroxylation sites is 1. The molecule has 0 fully saturated rings. The molecular formula is C10H14O5S. The minimum atomic E-state index is -3.55. The van der Waals surface area contributed by atoms with Gasteiger partial charge in [-0.15, -0.1) is 0 Å². The highest BCUT2D eigenvalue weighted by Crippen LogP contribution is 2.24. The van der Waals surface area contributed by atoms with Crippen molar-refractivity contribution in [2.75, 3.05) is 20.0 Å². The Morgan fingerprint density at radius 3 is 2.56 bits per heavy atom. The molecule has 1 atom stereocenters. The summed E-state index contributed by atoms with van der Waals surface area (Å²) in [4.78, 5) is 0. The average Bonchev–Trinajstić information content (AvgIpc) is 2.25. The van der Waals surface area contributed by atoms with E-state index in [1.165, 1.54) is 7.11 Å². The molecule has 1 N–H and O–H groups in total. The summed E-state index contributed by atoms with van der Waals surface area (Å²) >= 11 is 0. The molecule has 0 aliphatic heterocycles. The third-order valence-electron chi connectivity index (χ3n) is 1.94. The molecule has 1 aromatic rings. The quantitative estimate of drug-likeness (QED) is 0.774. The van der Waals surface area contributed by atoms with Crippen LogP contribution in [0.1, 0.15) is 11.7 Å². The summed E-state index contributed by atoms with van der Waals surface area (Å²) < 4.78 is 31.1. The Kier molecular flexibility index (Phi) is 4.28. The molecule has 0 aliphatic carbocycles. The average molecular weight is 246 g/mol. The molecule has 0 heterocycles. The van der Waals surface area contributed by atoms with Gasteiger partial charge in [-0.1, -0.05) is 18.2 Å². The van der Waals surface area contributed by atoms with Crippen LogP contribution < -0.4 is 4.74 Å². The summed E-state index contributed by atoms with van der Waals surface area (Å²) in [6.45, 7) is -0.320. The normalized spacial score (nSPS) is 13.4. The van der Waals surface area contributed by atoms with Crippen molar-refractivity contribution in [3.8, 4) is 5.75 Å². The minimum absolute atomic E-state index is 0.320. The van der Waals surface area contributed by atoms with Gasteiger partial charge in [-0.3, -0.25) is 4.18 Å². The van der Waals surface area contributed by atoms with Gasteiger partial charge in [0.25, 0.3) is 10.1 Å². The first-order valence-electron chi connectivity index (χ1n) is 4.59. The summed E-state index contributed by atoms with van der Waals surface area (Å²) in [6, 6.07) is 6.81. The topological polar surface area (TPSA) is 72.8 Å². The van der Waals surface area contributed by atoms with E-state index in [4.69, 9.17) is 4.74 Å². The van der Waals surface area contributed by atoms with Crippen LogP contribution in [0.3, 0.4) is 0 Å². The summed E-state index contributed by atoms with van der Waals surface area (Å²) in [6.07, 6.45) is -0.104. The Morgan fingerprint density at radius 1 is 1.38 bits per heavy atom. The van der Waals surface area contributed by atoms with Crippen molar-refractivity contribution in [1.82, 2.24) is 0 Å². The maximum atomic E-state index is 10.8. The van der Waals surface area contributed by atoms with E-state index >= 15 is 0 Å². The molecule has 0 saturated heterocycles. The van der Waals surface area contributed by atoms with Crippen LogP contribution in [0.4, 0.5) is 0 Å². The molecule has 0 bridgehead atoms. The molecule has 0 aliphatic rings. The fraction of sp³-hybridized carbons (Fsp3) is 0.400. The number of rotatable bonds is 5. The molecule has 90 valence electrons. The Bertz CT molecular complexity index is 440. The highest BCUT2D eigenvalue weighted by Gasteiger charge is 2.15. The predicted molar refractivity (Wildman–Crippen MR) is 58.7 cm³/mol. The van der Waals surface area contributed by atoms with E-state index in [9.17, 15) is 13.5 Å². The van der Waals surface area contributed by atoms with E-state index < -0.39 is 16.2 Å². The molecule has 6 heteroatoms. The monoisotopic (exact) mass is 246 g/mol. The first-order chi connectivity index (χ1) is 7.44. The lowest BCUT2D eigenvalue weighted by Gasteiger charge is -2.13. The summed E-state index contributed by atoms with van der Waals surface area (Å²) in [5, 5.41) is 9.73. The number of methoxy groups -OCH3 is 1. The lowest BCUT2D eigenvalue weighted by atomic mass is 10.1. The molecule has 16 heavy (non-hydrogen) atoms. The van der Waals surface area contributed by atoms with Gasteiger partial charge in [-0.05, 0) is 6.07 Å². The van der Waals surface area contributed by atoms with Crippen LogP contribution in [0.15, 0.2) is 24.3 Å². The van der Waals surface area contributed by atoms with Crippen LogP contribution in [-0.2, 0) is 14.3 Å². The molecule has 0 radical (unpaired) electrons. The van der Waals surface area contributed by atoms with Gasteiger partial charge in [0, 0.05) is 5.56 Å². The molecule has 5 nitrogen and oxygen atoms in total. The second kappa shape index (κ2) is 5.29. The van der Waals surface area contributed by atoms with Crippen molar-refractivity contribution < 1.29 is 22.4 Å². The van der Waals surface area contributed by atoms with Gasteiger partial charge >= 0.3 is 0 Å². The summed E-state index contributed by atoms with van der Waals surface area (Å²) in [5.74, 6) is 0.493. The molecule has 0 saturated carbocycles. The second-order valence-electron chi connectivity index (χ2n) is 3.25. The second-order valence-corrected chi connectivity index (χ2v) is 4.89. The first kappa shape index (κ1) is 13.0. The first-order valence-corrected chi connectivity index (χ1v) is 6.41. The number of ether oxygens (including phenoxy) is 1. The van der Waals surface area contributed by atoms with Crippen LogP contribution in [0, 0.1) is 0 Å². The van der Waals surface area contributed by atoms with Gasteiger partial charge in [-0.25, -0.2) is 0 Å². The number of benzene rings is 1. The fourth-order valence-electron chi connectivity index (χ4n) is 1.22. The molecule has 0 aromatic heterocycles. The Labute approximate surface area is 94.7 Å². The third kappa shape index (κ3) is 3.80. The van der Waals surface area contributed by atoms with Crippen molar-refractivity contribution in [2.24, 2.45) is 0 Å². The van der Waals surface area contributed by atoms with Gasteiger partial charge < -0.3 is 9.84 Å². The number of aliphatic hydroxyl groups is 1.